The van der Waals surface area contributed by atoms with Crippen molar-refractivity contribution in [2.75, 3.05) is 6.61 Å². The molecule has 0 aromatic heterocycles. The molecule has 1 aromatic carbocycles. The Labute approximate surface area is 101 Å². The minimum atomic E-state index is 0.106. The lowest BCUT2D eigenvalue weighted by atomic mass is 9.91. The lowest BCUT2D eigenvalue weighted by Gasteiger charge is -2.18. The zero-order chi connectivity index (χ0) is 11.4. The molecule has 0 bridgehead atoms. The quantitative estimate of drug-likeness (QED) is 0.848. The van der Waals surface area contributed by atoms with Gasteiger partial charge in [0.25, 0.3) is 0 Å². The summed E-state index contributed by atoms with van der Waals surface area (Å²) in [6.45, 7) is 4.39. The molecule has 0 fully saturated rings. The van der Waals surface area contributed by atoms with Crippen LogP contribution >= 0.6 is 23.2 Å². The van der Waals surface area contributed by atoms with Crippen LogP contribution in [0.4, 0.5) is 0 Å². The predicted molar refractivity (Wildman–Crippen MR) is 65.7 cm³/mol. The van der Waals surface area contributed by atoms with Gasteiger partial charge in [0.1, 0.15) is 0 Å². The first kappa shape index (κ1) is 12.8. The maximum absolute atomic E-state index is 9.33. The zero-order valence-corrected chi connectivity index (χ0v) is 10.5. The van der Waals surface area contributed by atoms with E-state index in [1.165, 1.54) is 0 Å². The highest BCUT2D eigenvalue weighted by Crippen LogP contribution is 2.31. The van der Waals surface area contributed by atoms with Crippen LogP contribution in [0.5, 0.6) is 0 Å². The van der Waals surface area contributed by atoms with Crippen LogP contribution in [-0.2, 0) is 0 Å². The summed E-state index contributed by atoms with van der Waals surface area (Å²) in [6.07, 6.45) is 0.928. The highest BCUT2D eigenvalue weighted by molar-refractivity contribution is 6.35. The molecule has 1 atom stereocenters. The normalized spacial score (nSPS) is 13.2. The smallest absolute Gasteiger partial charge is 0.0500 e. The van der Waals surface area contributed by atoms with E-state index in [0.717, 1.165) is 12.0 Å². The van der Waals surface area contributed by atoms with E-state index in [2.05, 4.69) is 13.8 Å². The molecule has 1 nitrogen and oxygen atoms in total. The number of aliphatic hydroxyl groups is 1. The zero-order valence-electron chi connectivity index (χ0n) is 9.00. The average molecular weight is 247 g/mol. The largest absolute Gasteiger partial charge is 0.396 e. The van der Waals surface area contributed by atoms with Gasteiger partial charge in [-0.1, -0.05) is 43.1 Å². The van der Waals surface area contributed by atoms with E-state index < -0.39 is 0 Å². The Balaban J connectivity index is 2.91. The van der Waals surface area contributed by atoms with Crippen LogP contribution in [0.15, 0.2) is 18.2 Å². The van der Waals surface area contributed by atoms with Crippen molar-refractivity contribution >= 4 is 23.2 Å². The van der Waals surface area contributed by atoms with Crippen molar-refractivity contribution in [3.63, 3.8) is 0 Å². The minimum absolute atomic E-state index is 0.106. The molecule has 0 saturated heterocycles. The second-order valence-electron chi connectivity index (χ2n) is 4.17. The van der Waals surface area contributed by atoms with Gasteiger partial charge in [0.05, 0.1) is 0 Å². The highest BCUT2D eigenvalue weighted by atomic mass is 35.5. The fraction of sp³-hybridized carbons (Fsp3) is 0.500. The van der Waals surface area contributed by atoms with Gasteiger partial charge in [0.15, 0.2) is 0 Å². The molecule has 0 aliphatic carbocycles. The van der Waals surface area contributed by atoms with Crippen molar-refractivity contribution in [1.82, 2.24) is 0 Å². The monoisotopic (exact) mass is 246 g/mol. The van der Waals surface area contributed by atoms with Gasteiger partial charge in [-0.05, 0) is 30.0 Å². The molecular weight excluding hydrogens is 231 g/mol. The molecule has 0 saturated carbocycles. The second kappa shape index (κ2) is 5.74. The molecule has 0 aliphatic heterocycles. The Morgan fingerprint density at radius 2 is 1.93 bits per heavy atom. The summed E-state index contributed by atoms with van der Waals surface area (Å²) in [5.74, 6) is 0.642. The molecule has 84 valence electrons. The first-order valence-electron chi connectivity index (χ1n) is 5.10. The number of halogens is 2. The van der Waals surface area contributed by atoms with Crippen LogP contribution in [-0.4, -0.2) is 11.7 Å². The Bertz CT molecular complexity index is 323. The number of aliphatic hydroxyl groups excluding tert-OH is 1. The van der Waals surface area contributed by atoms with E-state index in [0.29, 0.717) is 16.0 Å². The summed E-state index contributed by atoms with van der Waals surface area (Å²) in [4.78, 5) is 0. The topological polar surface area (TPSA) is 20.2 Å². The van der Waals surface area contributed by atoms with Crippen LogP contribution in [0, 0.1) is 5.92 Å². The maximum atomic E-state index is 9.33. The number of benzene rings is 1. The van der Waals surface area contributed by atoms with Crippen molar-refractivity contribution in [3.8, 4) is 0 Å². The fourth-order valence-electron chi connectivity index (χ4n) is 1.70. The van der Waals surface area contributed by atoms with Gasteiger partial charge in [-0.25, -0.2) is 0 Å². The molecular formula is C12H16Cl2O. The van der Waals surface area contributed by atoms with Crippen LogP contribution in [0.3, 0.4) is 0 Å². The third-order valence-corrected chi connectivity index (χ3v) is 2.94. The molecule has 0 spiro atoms. The molecule has 0 amide bonds. The lowest BCUT2D eigenvalue weighted by molar-refractivity contribution is 0.249. The third-order valence-electron chi connectivity index (χ3n) is 2.38. The van der Waals surface area contributed by atoms with Gasteiger partial charge in [-0.3, -0.25) is 0 Å². The first-order chi connectivity index (χ1) is 7.04. The summed E-state index contributed by atoms with van der Waals surface area (Å²) in [5.41, 5.74) is 0.984. The lowest BCUT2D eigenvalue weighted by Crippen LogP contribution is -2.08. The van der Waals surface area contributed by atoms with Crippen molar-refractivity contribution in [3.05, 3.63) is 33.8 Å². The van der Waals surface area contributed by atoms with E-state index >= 15 is 0 Å². The summed E-state index contributed by atoms with van der Waals surface area (Å²) in [6, 6.07) is 5.43. The Kier molecular flexibility index (Phi) is 4.91. The molecule has 0 radical (unpaired) electrons. The van der Waals surface area contributed by atoms with Crippen LogP contribution in [0.2, 0.25) is 10.0 Å². The van der Waals surface area contributed by atoms with Crippen molar-refractivity contribution in [1.29, 1.82) is 0 Å². The summed E-state index contributed by atoms with van der Waals surface area (Å²) in [7, 11) is 0. The van der Waals surface area contributed by atoms with Crippen molar-refractivity contribution < 1.29 is 5.11 Å². The molecule has 15 heavy (non-hydrogen) atoms. The van der Waals surface area contributed by atoms with Gasteiger partial charge < -0.3 is 5.11 Å². The predicted octanol–water partition coefficient (Wildman–Crippen LogP) is 4.12. The van der Waals surface area contributed by atoms with Gasteiger partial charge >= 0.3 is 0 Å². The standard InChI is InChI=1S/C12H16Cl2O/c1-8(2)5-9(7-15)11-4-3-10(13)6-12(11)14/h3-4,6,8-9,15H,5,7H2,1-2H3. The molecule has 0 heterocycles. The SMILES string of the molecule is CC(C)CC(CO)c1ccc(Cl)cc1Cl. The van der Waals surface area contributed by atoms with Crippen molar-refractivity contribution in [2.24, 2.45) is 5.92 Å². The van der Waals surface area contributed by atoms with Gasteiger partial charge in [-0.15, -0.1) is 0 Å². The second-order valence-corrected chi connectivity index (χ2v) is 5.02. The van der Waals surface area contributed by atoms with E-state index in [9.17, 15) is 5.11 Å². The Hall–Kier alpha value is -0.240. The van der Waals surface area contributed by atoms with Gasteiger partial charge in [-0.2, -0.15) is 0 Å². The van der Waals surface area contributed by atoms with E-state index in [-0.39, 0.29) is 12.5 Å². The first-order valence-corrected chi connectivity index (χ1v) is 5.86. The third kappa shape index (κ3) is 3.67. The summed E-state index contributed by atoms with van der Waals surface area (Å²) >= 11 is 11.9. The van der Waals surface area contributed by atoms with Crippen LogP contribution in [0.25, 0.3) is 0 Å². The van der Waals surface area contributed by atoms with Crippen LogP contribution < -0.4 is 0 Å². The fourth-order valence-corrected chi connectivity index (χ4v) is 2.26. The number of hydrogen-bond donors (Lipinski definition) is 1. The van der Waals surface area contributed by atoms with Crippen molar-refractivity contribution in [2.45, 2.75) is 26.2 Å². The van der Waals surface area contributed by atoms with Gasteiger partial charge in [0.2, 0.25) is 0 Å². The molecule has 3 heteroatoms. The number of hydrogen-bond acceptors (Lipinski definition) is 1. The Morgan fingerprint density at radius 1 is 1.27 bits per heavy atom. The molecule has 1 N–H and O–H groups in total. The average Bonchev–Trinajstić information content (AvgIpc) is 2.14. The minimum Gasteiger partial charge on any atom is -0.396 e. The molecule has 1 unspecified atom stereocenters. The summed E-state index contributed by atoms with van der Waals surface area (Å²) in [5, 5.41) is 10.6. The van der Waals surface area contributed by atoms with E-state index in [4.69, 9.17) is 23.2 Å². The molecule has 1 rings (SSSR count). The van der Waals surface area contributed by atoms with E-state index in [1.807, 2.05) is 12.1 Å². The molecule has 1 aromatic rings. The highest BCUT2D eigenvalue weighted by Gasteiger charge is 2.15. The van der Waals surface area contributed by atoms with Crippen LogP contribution in [0.1, 0.15) is 31.7 Å². The molecule has 0 aliphatic rings. The van der Waals surface area contributed by atoms with E-state index in [1.54, 1.807) is 6.07 Å². The maximum Gasteiger partial charge on any atom is 0.0500 e. The summed E-state index contributed by atoms with van der Waals surface area (Å²) < 4.78 is 0. The van der Waals surface area contributed by atoms with Gasteiger partial charge in [0, 0.05) is 22.6 Å². The Morgan fingerprint density at radius 3 is 2.40 bits per heavy atom. The number of rotatable bonds is 4.